The number of aromatic hydroxyl groups is 1. The number of rotatable bonds is 6. The Morgan fingerprint density at radius 1 is 0.870 bits per heavy atom. The largest absolute Gasteiger partial charge is 0.508 e. The molecule has 2 aromatic rings. The van der Waals surface area contributed by atoms with Crippen LogP contribution in [0.1, 0.15) is 19.3 Å². The first-order chi connectivity index (χ1) is 11.3. The second-order valence-electron chi connectivity index (χ2n) is 5.95. The van der Waals surface area contributed by atoms with Gasteiger partial charge in [0.25, 0.3) is 0 Å². The van der Waals surface area contributed by atoms with Gasteiger partial charge in [0.15, 0.2) is 0 Å². The number of hydrogen-bond acceptors (Lipinski definition) is 4. The fraction of sp³-hybridized carbons (Fsp3) is 0.368. The first-order valence-corrected chi connectivity index (χ1v) is 8.31. The summed E-state index contributed by atoms with van der Waals surface area (Å²) in [5.74, 6) is 1.17. The van der Waals surface area contributed by atoms with E-state index in [1.807, 2.05) is 36.4 Å². The number of piperidine rings is 1. The molecule has 4 heteroatoms. The number of hydrogen-bond donors (Lipinski definition) is 2. The molecule has 1 fully saturated rings. The Bertz CT molecular complexity index is 590. The predicted octanol–water partition coefficient (Wildman–Crippen LogP) is 4.00. The van der Waals surface area contributed by atoms with Crippen LogP contribution in [0.2, 0.25) is 0 Å². The molecule has 0 aliphatic carbocycles. The maximum Gasteiger partial charge on any atom is 0.119 e. The van der Waals surface area contributed by atoms with E-state index in [4.69, 9.17) is 4.74 Å². The van der Waals surface area contributed by atoms with Gasteiger partial charge in [-0.05, 0) is 74.5 Å². The number of nitrogens with zero attached hydrogens (tertiary/aromatic N) is 1. The fourth-order valence-electron chi connectivity index (χ4n) is 2.82. The molecule has 3 rings (SSSR count). The van der Waals surface area contributed by atoms with E-state index in [1.54, 1.807) is 12.1 Å². The van der Waals surface area contributed by atoms with Crippen LogP contribution in [0.4, 0.5) is 11.4 Å². The van der Waals surface area contributed by atoms with E-state index >= 15 is 0 Å². The zero-order valence-electron chi connectivity index (χ0n) is 13.4. The molecule has 0 amide bonds. The lowest BCUT2D eigenvalue weighted by Crippen LogP contribution is -2.33. The minimum Gasteiger partial charge on any atom is -0.508 e. The van der Waals surface area contributed by atoms with Crippen molar-refractivity contribution in [3.63, 3.8) is 0 Å². The van der Waals surface area contributed by atoms with Crippen LogP contribution >= 0.6 is 0 Å². The highest BCUT2D eigenvalue weighted by atomic mass is 16.5. The topological polar surface area (TPSA) is 44.7 Å². The molecule has 0 aromatic heterocycles. The highest BCUT2D eigenvalue weighted by molar-refractivity contribution is 5.60. The molecule has 1 heterocycles. The molecule has 23 heavy (non-hydrogen) atoms. The van der Waals surface area contributed by atoms with Crippen LogP contribution < -0.4 is 10.1 Å². The number of phenolic OH excluding ortho intramolecular Hbond substituents is 1. The van der Waals surface area contributed by atoms with Crippen LogP contribution in [-0.2, 0) is 0 Å². The Hall–Kier alpha value is -2.20. The highest BCUT2D eigenvalue weighted by Gasteiger charge is 2.09. The summed E-state index contributed by atoms with van der Waals surface area (Å²) < 4.78 is 5.83. The van der Waals surface area contributed by atoms with E-state index in [0.717, 1.165) is 30.3 Å². The quantitative estimate of drug-likeness (QED) is 0.791. The van der Waals surface area contributed by atoms with E-state index < -0.39 is 0 Å². The molecule has 0 bridgehead atoms. The number of ether oxygens (including phenoxy) is 1. The molecule has 2 aromatic carbocycles. The van der Waals surface area contributed by atoms with Crippen LogP contribution in [0, 0.1) is 0 Å². The van der Waals surface area contributed by atoms with E-state index in [2.05, 4.69) is 10.2 Å². The summed E-state index contributed by atoms with van der Waals surface area (Å²) >= 11 is 0. The average molecular weight is 312 g/mol. The molecule has 0 saturated carbocycles. The Balaban J connectivity index is 1.45. The number of nitrogens with one attached hydrogen (secondary N) is 1. The van der Waals surface area contributed by atoms with Gasteiger partial charge in [-0.15, -0.1) is 0 Å². The summed E-state index contributed by atoms with van der Waals surface area (Å²) in [6.07, 6.45) is 4.00. The lowest BCUT2D eigenvalue weighted by molar-refractivity contribution is 0.183. The summed E-state index contributed by atoms with van der Waals surface area (Å²) in [7, 11) is 0. The van der Waals surface area contributed by atoms with Gasteiger partial charge in [-0.1, -0.05) is 6.42 Å². The molecule has 1 aliphatic rings. The third-order valence-electron chi connectivity index (χ3n) is 4.14. The van der Waals surface area contributed by atoms with Crippen LogP contribution in [-0.4, -0.2) is 36.2 Å². The van der Waals surface area contributed by atoms with Crippen molar-refractivity contribution in [1.82, 2.24) is 4.90 Å². The molecule has 122 valence electrons. The van der Waals surface area contributed by atoms with E-state index in [-0.39, 0.29) is 5.75 Å². The van der Waals surface area contributed by atoms with Crippen molar-refractivity contribution in [3.8, 4) is 11.5 Å². The summed E-state index contributed by atoms with van der Waals surface area (Å²) in [6, 6.07) is 15.0. The second kappa shape index (κ2) is 7.88. The maximum atomic E-state index is 9.29. The Labute approximate surface area is 137 Å². The normalized spacial score (nSPS) is 15.3. The van der Waals surface area contributed by atoms with Gasteiger partial charge in [-0.3, -0.25) is 4.90 Å². The molecule has 1 aliphatic heterocycles. The van der Waals surface area contributed by atoms with E-state index in [1.165, 1.54) is 32.4 Å². The molecule has 0 atom stereocenters. The van der Waals surface area contributed by atoms with Crippen LogP contribution in [0.15, 0.2) is 48.5 Å². The van der Waals surface area contributed by atoms with Gasteiger partial charge in [-0.2, -0.15) is 0 Å². The first-order valence-electron chi connectivity index (χ1n) is 8.31. The minimum atomic E-state index is 0.271. The monoisotopic (exact) mass is 312 g/mol. The van der Waals surface area contributed by atoms with Crippen molar-refractivity contribution in [2.45, 2.75) is 19.3 Å². The lowest BCUT2D eigenvalue weighted by Gasteiger charge is -2.26. The smallest absolute Gasteiger partial charge is 0.119 e. The van der Waals surface area contributed by atoms with Gasteiger partial charge in [0, 0.05) is 17.9 Å². The van der Waals surface area contributed by atoms with Crippen LogP contribution in [0.5, 0.6) is 11.5 Å². The van der Waals surface area contributed by atoms with Crippen molar-refractivity contribution in [3.05, 3.63) is 48.5 Å². The highest BCUT2D eigenvalue weighted by Crippen LogP contribution is 2.21. The molecule has 2 N–H and O–H groups in total. The van der Waals surface area contributed by atoms with E-state index in [0.29, 0.717) is 0 Å². The number of benzene rings is 2. The summed E-state index contributed by atoms with van der Waals surface area (Å²) in [6.45, 7) is 4.16. The molecule has 0 spiro atoms. The summed E-state index contributed by atoms with van der Waals surface area (Å²) in [5, 5.41) is 12.6. The minimum absolute atomic E-state index is 0.271. The fourth-order valence-corrected chi connectivity index (χ4v) is 2.82. The number of phenols is 1. The van der Waals surface area contributed by atoms with Gasteiger partial charge in [0.2, 0.25) is 0 Å². The van der Waals surface area contributed by atoms with Crippen molar-refractivity contribution in [2.24, 2.45) is 0 Å². The number of anilines is 2. The van der Waals surface area contributed by atoms with Crippen LogP contribution in [0.3, 0.4) is 0 Å². The van der Waals surface area contributed by atoms with Crippen molar-refractivity contribution in [2.75, 3.05) is 31.6 Å². The van der Waals surface area contributed by atoms with Crippen LogP contribution in [0.25, 0.3) is 0 Å². The zero-order valence-corrected chi connectivity index (χ0v) is 13.4. The standard InChI is InChI=1S/C19H24N2O2/c22-18-8-4-16(5-9-18)20-17-6-10-19(11-7-17)23-15-14-21-12-2-1-3-13-21/h4-11,20,22H,1-3,12-15H2. The molecule has 0 unspecified atom stereocenters. The summed E-state index contributed by atoms with van der Waals surface area (Å²) in [5.41, 5.74) is 1.95. The third kappa shape index (κ3) is 4.89. The molecule has 4 nitrogen and oxygen atoms in total. The first kappa shape index (κ1) is 15.7. The maximum absolute atomic E-state index is 9.29. The zero-order chi connectivity index (χ0) is 15.9. The summed E-state index contributed by atoms with van der Waals surface area (Å²) in [4.78, 5) is 2.48. The Kier molecular flexibility index (Phi) is 5.37. The molecule has 0 radical (unpaired) electrons. The van der Waals surface area contributed by atoms with Crippen molar-refractivity contribution in [1.29, 1.82) is 0 Å². The molecule has 1 saturated heterocycles. The van der Waals surface area contributed by atoms with E-state index in [9.17, 15) is 5.11 Å². The average Bonchev–Trinajstić information content (AvgIpc) is 2.59. The van der Waals surface area contributed by atoms with Gasteiger partial charge in [0.05, 0.1) is 0 Å². The van der Waals surface area contributed by atoms with Crippen molar-refractivity contribution < 1.29 is 9.84 Å². The Morgan fingerprint density at radius 2 is 1.48 bits per heavy atom. The lowest BCUT2D eigenvalue weighted by atomic mass is 10.1. The third-order valence-corrected chi connectivity index (χ3v) is 4.14. The van der Waals surface area contributed by atoms with Gasteiger partial charge >= 0.3 is 0 Å². The molecular weight excluding hydrogens is 288 g/mol. The van der Waals surface area contributed by atoms with Crippen molar-refractivity contribution >= 4 is 11.4 Å². The number of likely N-dealkylation sites (tertiary alicyclic amines) is 1. The second-order valence-corrected chi connectivity index (χ2v) is 5.95. The predicted molar refractivity (Wildman–Crippen MR) is 93.6 cm³/mol. The van der Waals surface area contributed by atoms with Gasteiger partial charge in [-0.25, -0.2) is 0 Å². The molecular formula is C19H24N2O2. The van der Waals surface area contributed by atoms with Gasteiger partial charge in [0.1, 0.15) is 18.1 Å². The van der Waals surface area contributed by atoms with Gasteiger partial charge < -0.3 is 15.2 Å². The Morgan fingerprint density at radius 3 is 2.13 bits per heavy atom. The SMILES string of the molecule is Oc1ccc(Nc2ccc(OCCN3CCCCC3)cc2)cc1.